The summed E-state index contributed by atoms with van der Waals surface area (Å²) in [6, 6.07) is 22.2. The fourth-order valence-electron chi connectivity index (χ4n) is 4.50. The number of aromatic nitrogens is 6. The first-order valence-electron chi connectivity index (χ1n) is 13.1. The summed E-state index contributed by atoms with van der Waals surface area (Å²) in [6.07, 6.45) is 6.50. The number of rotatable bonds is 10. The lowest BCUT2D eigenvalue weighted by Crippen LogP contribution is -2.19. The first kappa shape index (κ1) is 26.5. The maximum Gasteiger partial charge on any atom is 0.224 e. The monoisotopic (exact) mass is 564 g/mol. The Hall–Kier alpha value is -4.74. The minimum Gasteiger partial charge on any atom is -0.439 e. The van der Waals surface area contributed by atoms with Gasteiger partial charge in [-0.3, -0.25) is 8.61 Å². The maximum absolute atomic E-state index is 11.3. The van der Waals surface area contributed by atoms with Crippen LogP contribution in [0.15, 0.2) is 85.7 Å². The van der Waals surface area contributed by atoms with Crippen LogP contribution in [-0.4, -0.2) is 52.3 Å². The molecule has 11 heteroatoms. The normalized spacial score (nSPS) is 12.0. The molecule has 0 aliphatic carbocycles. The summed E-state index contributed by atoms with van der Waals surface area (Å²) in [4.78, 5) is 13.3. The number of benzene rings is 3. The van der Waals surface area contributed by atoms with Crippen molar-refractivity contribution in [1.82, 2.24) is 34.9 Å². The first-order chi connectivity index (χ1) is 20.0. The van der Waals surface area contributed by atoms with Crippen LogP contribution in [0.25, 0.3) is 27.7 Å². The van der Waals surface area contributed by atoms with Crippen LogP contribution < -0.4 is 15.4 Å². The third kappa shape index (κ3) is 6.21. The Bertz CT molecular complexity index is 1870. The average Bonchev–Trinajstić information content (AvgIpc) is 3.45. The summed E-state index contributed by atoms with van der Waals surface area (Å²) in [5, 5.41) is 15.6. The second-order valence-electron chi connectivity index (χ2n) is 9.64. The molecular weight excluding hydrogens is 536 g/mol. The van der Waals surface area contributed by atoms with Crippen molar-refractivity contribution in [3.8, 4) is 22.8 Å². The van der Waals surface area contributed by atoms with Crippen LogP contribution in [0.5, 0.6) is 11.6 Å². The summed E-state index contributed by atoms with van der Waals surface area (Å²) in [5.74, 6) is 2.50. The van der Waals surface area contributed by atoms with Crippen molar-refractivity contribution in [3.05, 3.63) is 96.8 Å². The molecule has 2 N–H and O–H groups in total. The van der Waals surface area contributed by atoms with Gasteiger partial charge < -0.3 is 15.4 Å². The molecule has 0 bridgehead atoms. The highest BCUT2D eigenvalue weighted by Crippen LogP contribution is 2.31. The molecule has 0 saturated carbocycles. The van der Waals surface area contributed by atoms with Gasteiger partial charge in [-0.25, -0.2) is 15.0 Å². The van der Waals surface area contributed by atoms with Gasteiger partial charge >= 0.3 is 0 Å². The van der Waals surface area contributed by atoms with Gasteiger partial charge in [-0.15, -0.1) is 10.2 Å². The molecule has 10 nitrogen and oxygen atoms in total. The van der Waals surface area contributed by atoms with Gasteiger partial charge in [0.1, 0.15) is 30.5 Å². The molecule has 0 fully saturated rings. The molecule has 3 heterocycles. The molecule has 0 saturated heterocycles. The van der Waals surface area contributed by atoms with E-state index in [0.717, 1.165) is 46.4 Å². The highest BCUT2D eigenvalue weighted by atomic mass is 32.2. The molecule has 3 aromatic carbocycles. The number of nitrogens with one attached hydrogen (secondary N) is 2. The molecule has 206 valence electrons. The third-order valence-electron chi connectivity index (χ3n) is 6.61. The van der Waals surface area contributed by atoms with Gasteiger partial charge in [0.2, 0.25) is 5.88 Å². The lowest BCUT2D eigenvalue weighted by Gasteiger charge is -2.13. The van der Waals surface area contributed by atoms with Crippen molar-refractivity contribution in [1.29, 1.82) is 0 Å². The standard InChI is InChI=1S/C30H28N8O2S/c1-20-12-24(7-9-27(20)40-29-15-28-37-35-19-38(28)18-34-29)36-30-25-14-23(6-8-26(25)32-17-33-30)22-5-3-4-21(13-22)16-31-10-11-41(2)39/h3-9,12-15,17-19,31H,10-11,16H2,1-2H3,(H,32,33,36). The van der Waals surface area contributed by atoms with Crippen LogP contribution in [-0.2, 0) is 17.3 Å². The van der Waals surface area contributed by atoms with Crippen molar-refractivity contribution < 1.29 is 8.95 Å². The Morgan fingerprint density at radius 3 is 2.73 bits per heavy atom. The lowest BCUT2D eigenvalue weighted by atomic mass is 10.0. The first-order valence-corrected chi connectivity index (χ1v) is 14.8. The number of aryl methyl sites for hydroxylation is 1. The maximum atomic E-state index is 11.3. The molecule has 0 aliphatic rings. The minimum atomic E-state index is -0.796. The molecule has 1 unspecified atom stereocenters. The van der Waals surface area contributed by atoms with Gasteiger partial charge in [-0.2, -0.15) is 0 Å². The summed E-state index contributed by atoms with van der Waals surface area (Å²) in [6.45, 7) is 3.42. The van der Waals surface area contributed by atoms with Gasteiger partial charge in [-0.05, 0) is 65.6 Å². The van der Waals surface area contributed by atoms with E-state index >= 15 is 0 Å². The predicted octanol–water partition coefficient (Wildman–Crippen LogP) is 5.05. The quantitative estimate of drug-likeness (QED) is 0.220. The van der Waals surface area contributed by atoms with Crippen LogP contribution >= 0.6 is 0 Å². The van der Waals surface area contributed by atoms with Gasteiger partial charge in [0.15, 0.2) is 5.65 Å². The van der Waals surface area contributed by atoms with E-state index in [1.807, 2.05) is 31.2 Å². The topological polar surface area (TPSA) is 119 Å². The highest BCUT2D eigenvalue weighted by molar-refractivity contribution is 7.84. The van der Waals surface area contributed by atoms with E-state index < -0.39 is 10.8 Å². The molecule has 41 heavy (non-hydrogen) atoms. The van der Waals surface area contributed by atoms with E-state index in [1.165, 1.54) is 5.56 Å². The zero-order valence-electron chi connectivity index (χ0n) is 22.6. The number of hydrogen-bond donors (Lipinski definition) is 2. The van der Waals surface area contributed by atoms with Crippen molar-refractivity contribution in [2.24, 2.45) is 0 Å². The zero-order chi connectivity index (χ0) is 28.2. The number of ether oxygens (including phenoxy) is 1. The smallest absolute Gasteiger partial charge is 0.224 e. The van der Waals surface area contributed by atoms with Crippen molar-refractivity contribution in [3.63, 3.8) is 0 Å². The van der Waals surface area contributed by atoms with Crippen LogP contribution in [0.2, 0.25) is 0 Å². The number of nitrogens with zero attached hydrogens (tertiary/aromatic N) is 6. The summed E-state index contributed by atoms with van der Waals surface area (Å²) in [5.41, 5.74) is 6.68. The van der Waals surface area contributed by atoms with Crippen LogP contribution in [0.1, 0.15) is 11.1 Å². The Kier molecular flexibility index (Phi) is 7.61. The van der Waals surface area contributed by atoms with Crippen LogP contribution in [0, 0.1) is 6.92 Å². The number of anilines is 2. The Morgan fingerprint density at radius 1 is 0.951 bits per heavy atom. The molecule has 0 aliphatic heterocycles. The molecule has 1 atom stereocenters. The second kappa shape index (κ2) is 11.8. The Labute approximate surface area is 239 Å². The SMILES string of the molecule is Cc1cc(Nc2ncnc3ccc(-c4cccc(CNCCS(C)=O)c4)cc23)ccc1Oc1cc2nncn2cn1. The average molecular weight is 565 g/mol. The van der Waals surface area contributed by atoms with E-state index in [4.69, 9.17) is 4.74 Å². The summed E-state index contributed by atoms with van der Waals surface area (Å²) >= 11 is 0. The predicted molar refractivity (Wildman–Crippen MR) is 161 cm³/mol. The van der Waals surface area contributed by atoms with Gasteiger partial charge in [0, 0.05) is 53.0 Å². The van der Waals surface area contributed by atoms with E-state index in [9.17, 15) is 4.21 Å². The van der Waals surface area contributed by atoms with E-state index in [1.54, 1.807) is 35.7 Å². The van der Waals surface area contributed by atoms with E-state index in [-0.39, 0.29) is 0 Å². The van der Waals surface area contributed by atoms with Crippen molar-refractivity contribution >= 4 is 38.9 Å². The fourth-order valence-corrected chi connectivity index (χ4v) is 4.93. The molecule has 3 aromatic heterocycles. The molecule has 0 radical (unpaired) electrons. The second-order valence-corrected chi connectivity index (χ2v) is 11.2. The zero-order valence-corrected chi connectivity index (χ0v) is 23.4. The Balaban J connectivity index is 1.21. The van der Waals surface area contributed by atoms with Crippen molar-refractivity contribution in [2.45, 2.75) is 13.5 Å². The molecule has 6 rings (SSSR count). The van der Waals surface area contributed by atoms with Crippen molar-refractivity contribution in [2.75, 3.05) is 23.9 Å². The Morgan fingerprint density at radius 2 is 1.85 bits per heavy atom. The largest absolute Gasteiger partial charge is 0.439 e. The highest BCUT2D eigenvalue weighted by Gasteiger charge is 2.10. The van der Waals surface area contributed by atoms with E-state index in [0.29, 0.717) is 28.8 Å². The van der Waals surface area contributed by atoms with Gasteiger partial charge in [0.05, 0.1) is 5.52 Å². The molecular formula is C30H28N8O2S. The molecule has 0 spiro atoms. The number of fused-ring (bicyclic) bond motifs is 2. The fraction of sp³-hybridized carbons (Fsp3) is 0.167. The third-order valence-corrected chi connectivity index (χ3v) is 7.39. The van der Waals surface area contributed by atoms with Crippen LogP contribution in [0.4, 0.5) is 11.5 Å². The molecule has 0 amide bonds. The van der Waals surface area contributed by atoms with E-state index in [2.05, 4.69) is 72.2 Å². The minimum absolute atomic E-state index is 0.445. The molecule has 6 aromatic rings. The van der Waals surface area contributed by atoms with Crippen LogP contribution in [0.3, 0.4) is 0 Å². The number of hydrogen-bond acceptors (Lipinski definition) is 9. The summed E-state index contributed by atoms with van der Waals surface area (Å²) < 4.78 is 19.0. The van der Waals surface area contributed by atoms with Gasteiger partial charge in [-0.1, -0.05) is 24.3 Å². The summed E-state index contributed by atoms with van der Waals surface area (Å²) in [7, 11) is -0.796. The lowest BCUT2D eigenvalue weighted by molar-refractivity contribution is 0.458. The van der Waals surface area contributed by atoms with Gasteiger partial charge in [0.25, 0.3) is 0 Å².